The number of carbonyl (C=O) groups is 1. The number of fused-ring (bicyclic) bond motifs is 1. The summed E-state index contributed by atoms with van der Waals surface area (Å²) in [4.78, 5) is 18.7. The van der Waals surface area contributed by atoms with Gasteiger partial charge >= 0.3 is 0 Å². The molecule has 0 atom stereocenters. The van der Waals surface area contributed by atoms with Gasteiger partial charge in [0.15, 0.2) is 0 Å². The highest BCUT2D eigenvalue weighted by Crippen LogP contribution is 2.16. The number of amides is 1. The second-order valence-corrected chi connectivity index (χ2v) is 5.47. The van der Waals surface area contributed by atoms with Gasteiger partial charge in [-0.3, -0.25) is 9.20 Å². The molecule has 1 amide bonds. The Morgan fingerprint density at radius 1 is 1.45 bits per heavy atom. The van der Waals surface area contributed by atoms with Crippen molar-refractivity contribution >= 4 is 23.2 Å². The molecular weight excluding hydrogens is 276 g/mol. The fourth-order valence-electron chi connectivity index (χ4n) is 2.09. The molecule has 108 valence electrons. The molecule has 0 bridgehead atoms. The number of aryl methyl sites for hydroxylation is 1. The summed E-state index contributed by atoms with van der Waals surface area (Å²) in [5.74, 6) is -0.115. The number of carbonyl (C=O) groups excluding carboxylic acids is 1. The molecule has 1 N–H and O–H groups in total. The zero-order chi connectivity index (χ0) is 14.7. The average molecular weight is 295 g/mol. The van der Waals surface area contributed by atoms with Gasteiger partial charge in [-0.05, 0) is 46.1 Å². The average Bonchev–Trinajstić information content (AvgIpc) is 2.69. The van der Waals surface area contributed by atoms with Crippen molar-refractivity contribution in [2.24, 2.45) is 0 Å². The summed E-state index contributed by atoms with van der Waals surface area (Å²) in [7, 11) is 4.02. The summed E-state index contributed by atoms with van der Waals surface area (Å²) < 4.78 is 1.74. The molecule has 5 nitrogen and oxygen atoms in total. The van der Waals surface area contributed by atoms with E-state index in [1.165, 1.54) is 0 Å². The lowest BCUT2D eigenvalue weighted by atomic mass is 10.3. The van der Waals surface area contributed by atoms with Crippen molar-refractivity contribution in [3.63, 3.8) is 0 Å². The summed E-state index contributed by atoms with van der Waals surface area (Å²) in [6.45, 7) is 3.41. The molecule has 2 rings (SSSR count). The summed E-state index contributed by atoms with van der Waals surface area (Å²) in [6, 6.07) is 3.57. The van der Waals surface area contributed by atoms with Crippen molar-refractivity contribution in [2.75, 3.05) is 27.2 Å². The molecule has 0 radical (unpaired) electrons. The second kappa shape index (κ2) is 6.24. The van der Waals surface area contributed by atoms with Gasteiger partial charge in [0.05, 0.1) is 10.7 Å². The van der Waals surface area contributed by atoms with Gasteiger partial charge in [0.1, 0.15) is 11.3 Å². The molecule has 0 saturated heterocycles. The van der Waals surface area contributed by atoms with Gasteiger partial charge < -0.3 is 10.2 Å². The molecule has 0 aliphatic carbocycles. The number of hydrogen-bond donors (Lipinski definition) is 1. The molecule has 0 saturated carbocycles. The number of rotatable bonds is 5. The van der Waals surface area contributed by atoms with Crippen LogP contribution in [0.15, 0.2) is 18.3 Å². The normalized spacial score (nSPS) is 11.2. The van der Waals surface area contributed by atoms with Crippen molar-refractivity contribution in [3.05, 3.63) is 34.7 Å². The predicted octanol–water partition coefficient (Wildman–Crippen LogP) is 1.98. The molecule has 2 aromatic heterocycles. The van der Waals surface area contributed by atoms with Crippen LogP contribution in [0.2, 0.25) is 5.02 Å². The second-order valence-electron chi connectivity index (χ2n) is 5.03. The van der Waals surface area contributed by atoms with Crippen LogP contribution in [0, 0.1) is 6.92 Å². The lowest BCUT2D eigenvalue weighted by molar-refractivity contribution is 0.0946. The van der Waals surface area contributed by atoms with E-state index < -0.39 is 0 Å². The number of imidazole rings is 1. The highest BCUT2D eigenvalue weighted by molar-refractivity contribution is 6.30. The number of pyridine rings is 1. The molecule has 0 aromatic carbocycles. The topological polar surface area (TPSA) is 49.6 Å². The van der Waals surface area contributed by atoms with Crippen LogP contribution in [-0.2, 0) is 0 Å². The minimum atomic E-state index is -0.115. The zero-order valence-corrected chi connectivity index (χ0v) is 12.7. The Morgan fingerprint density at radius 3 is 2.90 bits per heavy atom. The zero-order valence-electron chi connectivity index (χ0n) is 12.0. The molecule has 0 aliphatic rings. The monoisotopic (exact) mass is 294 g/mol. The molecular formula is C14H19ClN4O. The largest absolute Gasteiger partial charge is 0.351 e. The van der Waals surface area contributed by atoms with E-state index in [9.17, 15) is 4.79 Å². The van der Waals surface area contributed by atoms with Crippen LogP contribution in [0.5, 0.6) is 0 Å². The summed E-state index contributed by atoms with van der Waals surface area (Å²) in [5.41, 5.74) is 1.98. The molecule has 2 heterocycles. The van der Waals surface area contributed by atoms with Gasteiger partial charge in [-0.15, -0.1) is 0 Å². The van der Waals surface area contributed by atoms with E-state index in [0.29, 0.717) is 23.0 Å². The number of aromatic nitrogens is 2. The van der Waals surface area contributed by atoms with Gasteiger partial charge in [-0.25, -0.2) is 4.98 Å². The standard InChI is InChI=1S/C14H19ClN4O/c1-10-13(14(20)16-7-4-8-18(2)3)19-9-11(15)5-6-12(19)17-10/h5-6,9H,4,7-8H2,1-3H3,(H,16,20). The van der Waals surface area contributed by atoms with Crippen LogP contribution < -0.4 is 5.32 Å². The lowest BCUT2D eigenvalue weighted by Crippen LogP contribution is -2.28. The van der Waals surface area contributed by atoms with E-state index in [1.807, 2.05) is 21.0 Å². The van der Waals surface area contributed by atoms with Crippen LogP contribution in [0.1, 0.15) is 22.6 Å². The van der Waals surface area contributed by atoms with E-state index >= 15 is 0 Å². The Labute approximate surface area is 123 Å². The van der Waals surface area contributed by atoms with Crippen molar-refractivity contribution in [3.8, 4) is 0 Å². The Hall–Kier alpha value is -1.59. The quantitative estimate of drug-likeness (QED) is 0.858. The predicted molar refractivity (Wildman–Crippen MR) is 80.4 cm³/mol. The SMILES string of the molecule is Cc1nc2ccc(Cl)cn2c1C(=O)NCCCN(C)C. The maximum absolute atomic E-state index is 12.3. The van der Waals surface area contributed by atoms with Crippen LogP contribution in [0.25, 0.3) is 5.65 Å². The first-order valence-corrected chi connectivity index (χ1v) is 6.94. The third kappa shape index (κ3) is 3.29. The fourth-order valence-corrected chi connectivity index (χ4v) is 2.25. The highest BCUT2D eigenvalue weighted by Gasteiger charge is 2.16. The third-order valence-corrected chi connectivity index (χ3v) is 3.26. The van der Waals surface area contributed by atoms with Crippen LogP contribution in [0.3, 0.4) is 0 Å². The van der Waals surface area contributed by atoms with Crippen molar-refractivity contribution in [1.82, 2.24) is 19.6 Å². The summed E-state index contributed by atoms with van der Waals surface area (Å²) >= 11 is 5.98. The van der Waals surface area contributed by atoms with Gasteiger partial charge in [0, 0.05) is 12.7 Å². The highest BCUT2D eigenvalue weighted by atomic mass is 35.5. The Bertz CT molecular complexity index is 621. The van der Waals surface area contributed by atoms with Gasteiger partial charge in [0.2, 0.25) is 0 Å². The van der Waals surface area contributed by atoms with E-state index in [-0.39, 0.29) is 5.91 Å². The lowest BCUT2D eigenvalue weighted by Gasteiger charge is -2.10. The molecule has 20 heavy (non-hydrogen) atoms. The Kier molecular flexibility index (Phi) is 4.62. The Balaban J connectivity index is 2.13. The first-order valence-electron chi connectivity index (χ1n) is 6.56. The summed E-state index contributed by atoms with van der Waals surface area (Å²) in [6.07, 6.45) is 2.63. The van der Waals surface area contributed by atoms with Crippen LogP contribution in [0.4, 0.5) is 0 Å². The van der Waals surface area contributed by atoms with E-state index in [4.69, 9.17) is 11.6 Å². The number of hydrogen-bond acceptors (Lipinski definition) is 3. The molecule has 6 heteroatoms. The molecule has 2 aromatic rings. The third-order valence-electron chi connectivity index (χ3n) is 3.04. The smallest absolute Gasteiger partial charge is 0.270 e. The maximum Gasteiger partial charge on any atom is 0.270 e. The molecule has 0 fully saturated rings. The van der Waals surface area contributed by atoms with Crippen LogP contribution in [-0.4, -0.2) is 47.4 Å². The van der Waals surface area contributed by atoms with E-state index in [2.05, 4.69) is 15.2 Å². The first kappa shape index (κ1) is 14.8. The summed E-state index contributed by atoms with van der Waals surface area (Å²) in [5, 5.41) is 3.50. The fraction of sp³-hybridized carbons (Fsp3) is 0.429. The molecule has 0 aliphatic heterocycles. The number of nitrogens with zero attached hydrogens (tertiary/aromatic N) is 3. The maximum atomic E-state index is 12.3. The molecule has 0 spiro atoms. The first-order chi connectivity index (χ1) is 9.49. The minimum Gasteiger partial charge on any atom is -0.351 e. The van der Waals surface area contributed by atoms with Gasteiger partial charge in [-0.1, -0.05) is 11.6 Å². The Morgan fingerprint density at radius 2 is 2.20 bits per heavy atom. The van der Waals surface area contributed by atoms with Gasteiger partial charge in [-0.2, -0.15) is 0 Å². The number of nitrogens with one attached hydrogen (secondary N) is 1. The number of halogens is 1. The van der Waals surface area contributed by atoms with E-state index in [0.717, 1.165) is 18.6 Å². The minimum absolute atomic E-state index is 0.115. The van der Waals surface area contributed by atoms with Gasteiger partial charge in [0.25, 0.3) is 5.91 Å². The van der Waals surface area contributed by atoms with Crippen molar-refractivity contribution < 1.29 is 4.79 Å². The van der Waals surface area contributed by atoms with Crippen LogP contribution >= 0.6 is 11.6 Å². The van der Waals surface area contributed by atoms with Crippen molar-refractivity contribution in [1.29, 1.82) is 0 Å². The molecule has 0 unspecified atom stereocenters. The van der Waals surface area contributed by atoms with E-state index in [1.54, 1.807) is 22.7 Å². The van der Waals surface area contributed by atoms with Crippen molar-refractivity contribution in [2.45, 2.75) is 13.3 Å².